The number of benzene rings is 4. The van der Waals surface area contributed by atoms with E-state index in [0.29, 0.717) is 11.8 Å². The number of hydrogen-bond donors (Lipinski definition) is 0. The van der Waals surface area contributed by atoms with Gasteiger partial charge in [-0.25, -0.2) is 0 Å². The highest BCUT2D eigenvalue weighted by Crippen LogP contribution is 2.47. The van der Waals surface area contributed by atoms with Crippen molar-refractivity contribution in [2.45, 2.75) is 17.2 Å². The van der Waals surface area contributed by atoms with E-state index in [9.17, 15) is 0 Å². The summed E-state index contributed by atoms with van der Waals surface area (Å²) in [6.45, 7) is 0. The molecule has 4 aromatic carbocycles. The van der Waals surface area contributed by atoms with Gasteiger partial charge in [-0.1, -0.05) is 109 Å². The summed E-state index contributed by atoms with van der Waals surface area (Å²) in [6, 6.07) is 38.3. The first kappa shape index (κ1) is 19.8. The van der Waals surface area contributed by atoms with Crippen molar-refractivity contribution in [1.29, 1.82) is 0 Å². The standard InChI is InChI=1S/C27H22Cl2/c28-19-21-11-10-18-26(25(21)20-29)27(22-12-4-1-5-13-22,23-14-6-2-7-15-23)24-16-8-3-9-17-24/h1-18H,19-20H2. The SMILES string of the molecule is ClCc1cccc(C(c2ccccc2)(c2ccccc2)c2ccccc2)c1CCl. The molecule has 0 unspecified atom stereocenters. The highest BCUT2D eigenvalue weighted by Gasteiger charge is 2.39. The van der Waals surface area contributed by atoms with E-state index in [1.807, 2.05) is 0 Å². The van der Waals surface area contributed by atoms with Gasteiger partial charge in [-0.05, 0) is 33.4 Å². The lowest BCUT2D eigenvalue weighted by molar-refractivity contribution is 0.735. The molecule has 0 heterocycles. The third kappa shape index (κ3) is 3.48. The van der Waals surface area contributed by atoms with Crippen LogP contribution in [0.3, 0.4) is 0 Å². The molecule has 4 aromatic rings. The predicted octanol–water partition coefficient (Wildman–Crippen LogP) is 7.55. The highest BCUT2D eigenvalue weighted by molar-refractivity contribution is 6.18. The number of hydrogen-bond acceptors (Lipinski definition) is 0. The van der Waals surface area contributed by atoms with Gasteiger partial charge in [0.25, 0.3) is 0 Å². The summed E-state index contributed by atoms with van der Waals surface area (Å²) >= 11 is 12.8. The zero-order chi connectivity index (χ0) is 20.1. The van der Waals surface area contributed by atoms with Gasteiger partial charge >= 0.3 is 0 Å². The van der Waals surface area contributed by atoms with Crippen LogP contribution in [0.2, 0.25) is 0 Å². The molecule has 0 aliphatic rings. The Balaban J connectivity index is 2.19. The van der Waals surface area contributed by atoms with E-state index in [2.05, 4.69) is 109 Å². The predicted molar refractivity (Wildman–Crippen MR) is 124 cm³/mol. The van der Waals surface area contributed by atoms with E-state index < -0.39 is 5.41 Å². The molecule has 0 aliphatic carbocycles. The monoisotopic (exact) mass is 416 g/mol. The van der Waals surface area contributed by atoms with Crippen molar-refractivity contribution in [2.75, 3.05) is 0 Å². The zero-order valence-corrected chi connectivity index (χ0v) is 17.6. The van der Waals surface area contributed by atoms with Crippen molar-refractivity contribution in [3.63, 3.8) is 0 Å². The number of rotatable bonds is 6. The molecule has 0 saturated heterocycles. The fraction of sp³-hybridized carbons (Fsp3) is 0.111. The lowest BCUT2D eigenvalue weighted by atomic mass is 9.64. The minimum absolute atomic E-state index is 0.409. The van der Waals surface area contributed by atoms with Crippen LogP contribution in [0.15, 0.2) is 109 Å². The normalized spacial score (nSPS) is 11.4. The van der Waals surface area contributed by atoms with Gasteiger partial charge in [0.2, 0.25) is 0 Å². The van der Waals surface area contributed by atoms with Crippen LogP contribution in [-0.4, -0.2) is 0 Å². The van der Waals surface area contributed by atoms with Gasteiger partial charge in [0.1, 0.15) is 0 Å². The maximum Gasteiger partial charge on any atom is 0.0704 e. The molecule has 0 fully saturated rings. The molecule has 0 radical (unpaired) electrons. The summed E-state index contributed by atoms with van der Waals surface area (Å²) in [6.07, 6.45) is 0. The first-order chi connectivity index (χ1) is 14.3. The van der Waals surface area contributed by atoms with Gasteiger partial charge in [-0.15, -0.1) is 23.2 Å². The van der Waals surface area contributed by atoms with E-state index in [1.54, 1.807) is 0 Å². The Morgan fingerprint density at radius 2 is 0.931 bits per heavy atom. The van der Waals surface area contributed by atoms with E-state index in [1.165, 1.54) is 22.3 Å². The van der Waals surface area contributed by atoms with Crippen LogP contribution in [0.1, 0.15) is 33.4 Å². The summed E-state index contributed by atoms with van der Waals surface area (Å²) in [5, 5.41) is 0. The van der Waals surface area contributed by atoms with Crippen LogP contribution in [0, 0.1) is 0 Å². The van der Waals surface area contributed by atoms with Gasteiger partial charge < -0.3 is 0 Å². The van der Waals surface area contributed by atoms with Crippen molar-refractivity contribution in [3.8, 4) is 0 Å². The second-order valence-corrected chi connectivity index (χ2v) is 7.59. The fourth-order valence-electron chi connectivity index (χ4n) is 4.30. The maximum atomic E-state index is 6.53. The smallest absolute Gasteiger partial charge is 0.0704 e. The third-order valence-electron chi connectivity index (χ3n) is 5.58. The molecule has 0 spiro atoms. The second-order valence-electron chi connectivity index (χ2n) is 7.06. The molecule has 0 atom stereocenters. The third-order valence-corrected chi connectivity index (χ3v) is 6.13. The van der Waals surface area contributed by atoms with Crippen LogP contribution in [0.4, 0.5) is 0 Å². The summed E-state index contributed by atoms with van der Waals surface area (Å²) in [5.41, 5.74) is 6.47. The van der Waals surface area contributed by atoms with Gasteiger partial charge in [-0.3, -0.25) is 0 Å². The molecule has 0 amide bonds. The largest absolute Gasteiger partial charge is 0.122 e. The Morgan fingerprint density at radius 3 is 1.31 bits per heavy atom. The lowest BCUT2D eigenvalue weighted by Crippen LogP contribution is -2.32. The number of alkyl halides is 2. The topological polar surface area (TPSA) is 0 Å². The first-order valence-electron chi connectivity index (χ1n) is 9.72. The van der Waals surface area contributed by atoms with Crippen LogP contribution < -0.4 is 0 Å². The van der Waals surface area contributed by atoms with Crippen LogP contribution in [0.5, 0.6) is 0 Å². The van der Waals surface area contributed by atoms with Crippen molar-refractivity contribution in [1.82, 2.24) is 0 Å². The Morgan fingerprint density at radius 1 is 0.483 bits per heavy atom. The molecule has 0 aromatic heterocycles. The Bertz CT molecular complexity index is 961. The maximum absolute atomic E-state index is 6.53. The minimum Gasteiger partial charge on any atom is -0.122 e. The molecule has 2 heteroatoms. The molecule has 144 valence electrons. The van der Waals surface area contributed by atoms with E-state index in [-0.39, 0.29) is 0 Å². The lowest BCUT2D eigenvalue weighted by Gasteiger charge is -2.38. The van der Waals surface area contributed by atoms with Gasteiger partial charge in [0.05, 0.1) is 5.41 Å². The molecule has 4 rings (SSSR count). The Hall–Kier alpha value is -2.54. The average Bonchev–Trinajstić information content (AvgIpc) is 2.81. The Labute approximate surface area is 182 Å². The van der Waals surface area contributed by atoms with Crippen LogP contribution in [-0.2, 0) is 17.2 Å². The van der Waals surface area contributed by atoms with E-state index >= 15 is 0 Å². The highest BCUT2D eigenvalue weighted by atomic mass is 35.5. The minimum atomic E-state index is -0.490. The summed E-state index contributed by atoms with van der Waals surface area (Å²) < 4.78 is 0. The molecule has 29 heavy (non-hydrogen) atoms. The molecule has 0 N–H and O–H groups in total. The van der Waals surface area contributed by atoms with Crippen molar-refractivity contribution in [3.05, 3.63) is 143 Å². The van der Waals surface area contributed by atoms with Crippen molar-refractivity contribution < 1.29 is 0 Å². The molecule has 0 saturated carbocycles. The van der Waals surface area contributed by atoms with E-state index in [4.69, 9.17) is 23.2 Å². The molecule has 0 aliphatic heterocycles. The molecule has 0 bridgehead atoms. The quantitative estimate of drug-likeness (QED) is 0.224. The van der Waals surface area contributed by atoms with Gasteiger partial charge in [0.15, 0.2) is 0 Å². The van der Waals surface area contributed by atoms with Crippen LogP contribution in [0.25, 0.3) is 0 Å². The van der Waals surface area contributed by atoms with E-state index in [0.717, 1.165) is 11.1 Å². The summed E-state index contributed by atoms with van der Waals surface area (Å²) in [7, 11) is 0. The van der Waals surface area contributed by atoms with Crippen LogP contribution >= 0.6 is 23.2 Å². The average molecular weight is 417 g/mol. The Kier molecular flexibility index (Phi) is 6.04. The molecular formula is C27H22Cl2. The van der Waals surface area contributed by atoms with Crippen molar-refractivity contribution in [2.24, 2.45) is 0 Å². The van der Waals surface area contributed by atoms with Crippen molar-refractivity contribution >= 4 is 23.2 Å². The van der Waals surface area contributed by atoms with Gasteiger partial charge in [-0.2, -0.15) is 0 Å². The first-order valence-corrected chi connectivity index (χ1v) is 10.8. The summed E-state index contributed by atoms with van der Waals surface area (Å²) in [5.74, 6) is 0.844. The fourth-order valence-corrected chi connectivity index (χ4v) is 4.87. The number of halogens is 2. The molecule has 0 nitrogen and oxygen atoms in total. The summed E-state index contributed by atoms with van der Waals surface area (Å²) in [4.78, 5) is 0. The molecular weight excluding hydrogens is 395 g/mol. The van der Waals surface area contributed by atoms with Gasteiger partial charge in [0, 0.05) is 11.8 Å². The zero-order valence-electron chi connectivity index (χ0n) is 16.1. The second kappa shape index (κ2) is 8.86.